The maximum Gasteiger partial charge on any atom is 0.339 e. The molecule has 0 radical (unpaired) electrons. The van der Waals surface area contributed by atoms with E-state index < -0.39 is 11.9 Å². The van der Waals surface area contributed by atoms with Gasteiger partial charge < -0.3 is 15.6 Å². The average molecular weight is 306 g/mol. The van der Waals surface area contributed by atoms with Crippen molar-refractivity contribution in [2.24, 2.45) is 5.73 Å². The second kappa shape index (κ2) is 6.28. The minimum absolute atomic E-state index is 0.0288. The van der Waals surface area contributed by atoms with Crippen LogP contribution in [0.5, 0.6) is 5.75 Å². The number of carbonyl (C=O) groups excluding carboxylic acids is 1. The Morgan fingerprint density at radius 1 is 1.14 bits per heavy atom. The van der Waals surface area contributed by atoms with Gasteiger partial charge in [-0.25, -0.2) is 4.79 Å². The number of ether oxygens (including phenoxy) is 1. The molecule has 0 aliphatic carbocycles. The molecule has 2 aromatic carbocycles. The van der Waals surface area contributed by atoms with Crippen molar-refractivity contribution in [2.75, 3.05) is 0 Å². The number of carbonyl (C=O) groups is 2. The van der Waals surface area contributed by atoms with Crippen LogP contribution < -0.4 is 10.5 Å². The molecule has 108 valence electrons. The number of aromatic carboxylic acids is 1. The topological polar surface area (TPSA) is 89.6 Å². The Kier molecular flexibility index (Phi) is 4.45. The molecule has 3 N–H and O–H groups in total. The molecule has 0 atom stereocenters. The number of halogens is 1. The standard InChI is InChI=1S/C15H12ClNO4/c16-10-5-6-13(12(7-10)15(19)20)21-8-9-3-1-2-4-11(9)14(17)18/h1-7H,8H2,(H2,17,18)(H,19,20). The molecule has 0 heterocycles. The number of carboxylic acids is 1. The zero-order valence-electron chi connectivity index (χ0n) is 10.9. The summed E-state index contributed by atoms with van der Waals surface area (Å²) in [5, 5.41) is 9.42. The molecule has 2 aromatic rings. The molecular weight excluding hydrogens is 294 g/mol. The summed E-state index contributed by atoms with van der Waals surface area (Å²) in [6.07, 6.45) is 0. The molecule has 0 aliphatic rings. The third kappa shape index (κ3) is 3.52. The van der Waals surface area contributed by atoms with Crippen molar-refractivity contribution >= 4 is 23.5 Å². The zero-order chi connectivity index (χ0) is 15.4. The quantitative estimate of drug-likeness (QED) is 0.888. The summed E-state index contributed by atoms with van der Waals surface area (Å²) in [7, 11) is 0. The zero-order valence-corrected chi connectivity index (χ0v) is 11.6. The van der Waals surface area contributed by atoms with E-state index in [2.05, 4.69) is 0 Å². The van der Waals surface area contributed by atoms with Crippen LogP contribution >= 0.6 is 11.6 Å². The van der Waals surface area contributed by atoms with Crippen LogP contribution in [0.4, 0.5) is 0 Å². The van der Waals surface area contributed by atoms with Gasteiger partial charge in [0.2, 0.25) is 5.91 Å². The Balaban J connectivity index is 2.25. The SMILES string of the molecule is NC(=O)c1ccccc1COc1ccc(Cl)cc1C(=O)O. The van der Waals surface area contributed by atoms with Crippen LogP contribution in [-0.4, -0.2) is 17.0 Å². The summed E-state index contributed by atoms with van der Waals surface area (Å²) in [6.45, 7) is 0.0288. The molecular formula is C15H12ClNO4. The van der Waals surface area contributed by atoms with Gasteiger partial charge in [-0.05, 0) is 24.3 Å². The lowest BCUT2D eigenvalue weighted by Gasteiger charge is -2.11. The number of primary amides is 1. The van der Waals surface area contributed by atoms with Crippen molar-refractivity contribution in [2.45, 2.75) is 6.61 Å². The molecule has 21 heavy (non-hydrogen) atoms. The van der Waals surface area contributed by atoms with Gasteiger partial charge in [0.25, 0.3) is 0 Å². The summed E-state index contributed by atoms with van der Waals surface area (Å²) in [5.74, 6) is -1.54. The third-order valence-electron chi connectivity index (χ3n) is 2.84. The van der Waals surface area contributed by atoms with Gasteiger partial charge in [0.05, 0.1) is 0 Å². The van der Waals surface area contributed by atoms with E-state index in [1.807, 2.05) is 0 Å². The number of carboxylic acid groups (broad SMARTS) is 1. The number of hydrogen-bond donors (Lipinski definition) is 2. The van der Waals surface area contributed by atoms with E-state index in [1.165, 1.54) is 18.2 Å². The van der Waals surface area contributed by atoms with E-state index in [9.17, 15) is 9.59 Å². The smallest absolute Gasteiger partial charge is 0.339 e. The van der Waals surface area contributed by atoms with E-state index in [4.69, 9.17) is 27.2 Å². The predicted octanol–water partition coefficient (Wildman–Crippen LogP) is 2.72. The fraction of sp³-hybridized carbons (Fsp3) is 0.0667. The van der Waals surface area contributed by atoms with E-state index in [0.29, 0.717) is 16.1 Å². The summed E-state index contributed by atoms with van der Waals surface area (Å²) < 4.78 is 5.48. The van der Waals surface area contributed by atoms with Crippen molar-refractivity contribution in [3.63, 3.8) is 0 Å². The maximum absolute atomic E-state index is 11.3. The summed E-state index contributed by atoms with van der Waals surface area (Å²) in [5.41, 5.74) is 6.15. The van der Waals surface area contributed by atoms with Gasteiger partial charge in [0.1, 0.15) is 17.9 Å². The van der Waals surface area contributed by atoms with E-state index in [0.717, 1.165) is 0 Å². The lowest BCUT2D eigenvalue weighted by Crippen LogP contribution is -2.15. The highest BCUT2D eigenvalue weighted by atomic mass is 35.5. The summed E-state index contributed by atoms with van der Waals surface area (Å²) in [4.78, 5) is 22.5. The molecule has 0 aliphatic heterocycles. The highest BCUT2D eigenvalue weighted by molar-refractivity contribution is 6.31. The molecule has 0 aromatic heterocycles. The fourth-order valence-electron chi connectivity index (χ4n) is 1.84. The van der Waals surface area contributed by atoms with Crippen molar-refractivity contribution in [1.29, 1.82) is 0 Å². The molecule has 1 amide bonds. The number of rotatable bonds is 5. The lowest BCUT2D eigenvalue weighted by molar-refractivity contribution is 0.0691. The first-order valence-electron chi connectivity index (χ1n) is 6.02. The van der Waals surface area contributed by atoms with Gasteiger partial charge in [-0.3, -0.25) is 4.79 Å². The van der Waals surface area contributed by atoms with Gasteiger partial charge in [-0.15, -0.1) is 0 Å². The van der Waals surface area contributed by atoms with E-state index in [-0.39, 0.29) is 17.9 Å². The van der Waals surface area contributed by atoms with Crippen molar-refractivity contribution < 1.29 is 19.4 Å². The molecule has 0 fully saturated rings. The van der Waals surface area contributed by atoms with E-state index in [1.54, 1.807) is 24.3 Å². The maximum atomic E-state index is 11.3. The Morgan fingerprint density at radius 3 is 2.52 bits per heavy atom. The van der Waals surface area contributed by atoms with Crippen LogP contribution in [0.25, 0.3) is 0 Å². The monoisotopic (exact) mass is 305 g/mol. The Morgan fingerprint density at radius 2 is 1.86 bits per heavy atom. The minimum Gasteiger partial charge on any atom is -0.488 e. The number of hydrogen-bond acceptors (Lipinski definition) is 3. The largest absolute Gasteiger partial charge is 0.488 e. The highest BCUT2D eigenvalue weighted by Crippen LogP contribution is 2.24. The first kappa shape index (κ1) is 14.9. The van der Waals surface area contributed by atoms with Gasteiger partial charge >= 0.3 is 5.97 Å². The molecule has 2 rings (SSSR count). The number of nitrogens with two attached hydrogens (primary N) is 1. The second-order valence-electron chi connectivity index (χ2n) is 4.26. The molecule has 5 nitrogen and oxygen atoms in total. The molecule has 0 unspecified atom stereocenters. The second-order valence-corrected chi connectivity index (χ2v) is 4.69. The fourth-order valence-corrected chi connectivity index (χ4v) is 2.01. The number of benzene rings is 2. The highest BCUT2D eigenvalue weighted by Gasteiger charge is 2.13. The summed E-state index contributed by atoms with van der Waals surface area (Å²) >= 11 is 5.76. The Hall–Kier alpha value is -2.53. The Labute approximate surface area is 125 Å². The van der Waals surface area contributed by atoms with Crippen molar-refractivity contribution in [3.05, 3.63) is 64.2 Å². The Bertz CT molecular complexity index is 700. The summed E-state index contributed by atoms with van der Waals surface area (Å²) in [6, 6.07) is 11.0. The molecule has 0 saturated carbocycles. The van der Waals surface area contributed by atoms with Gasteiger partial charge in [0.15, 0.2) is 0 Å². The first-order valence-corrected chi connectivity index (χ1v) is 6.40. The van der Waals surface area contributed by atoms with Gasteiger partial charge in [-0.1, -0.05) is 29.8 Å². The van der Waals surface area contributed by atoms with Crippen LogP contribution in [0.1, 0.15) is 26.3 Å². The predicted molar refractivity (Wildman–Crippen MR) is 77.7 cm³/mol. The van der Waals surface area contributed by atoms with Crippen molar-refractivity contribution in [3.8, 4) is 5.75 Å². The van der Waals surface area contributed by atoms with Crippen LogP contribution in [0.2, 0.25) is 5.02 Å². The average Bonchev–Trinajstić information content (AvgIpc) is 2.46. The van der Waals surface area contributed by atoms with Gasteiger partial charge in [0, 0.05) is 16.1 Å². The molecule has 0 bridgehead atoms. The van der Waals surface area contributed by atoms with Crippen LogP contribution in [-0.2, 0) is 6.61 Å². The molecule has 0 saturated heterocycles. The first-order chi connectivity index (χ1) is 9.99. The normalized spacial score (nSPS) is 10.1. The van der Waals surface area contributed by atoms with Gasteiger partial charge in [-0.2, -0.15) is 0 Å². The minimum atomic E-state index is -1.14. The van der Waals surface area contributed by atoms with Crippen LogP contribution in [0, 0.1) is 0 Å². The third-order valence-corrected chi connectivity index (χ3v) is 3.07. The lowest BCUT2D eigenvalue weighted by atomic mass is 10.1. The number of amides is 1. The van der Waals surface area contributed by atoms with E-state index >= 15 is 0 Å². The molecule has 0 spiro atoms. The van der Waals surface area contributed by atoms with Crippen LogP contribution in [0.15, 0.2) is 42.5 Å². The van der Waals surface area contributed by atoms with Crippen LogP contribution in [0.3, 0.4) is 0 Å². The van der Waals surface area contributed by atoms with Crippen molar-refractivity contribution in [1.82, 2.24) is 0 Å². The molecule has 6 heteroatoms.